The monoisotopic (exact) mass is 271 g/mol. The Morgan fingerprint density at radius 2 is 1.70 bits per heavy atom. The van der Waals surface area contributed by atoms with Crippen molar-refractivity contribution in [1.29, 1.82) is 0 Å². The minimum atomic E-state index is 0.541. The third-order valence-electron chi connectivity index (χ3n) is 5.76. The molecule has 2 aliphatic rings. The van der Waals surface area contributed by atoms with Gasteiger partial charge in [-0.1, -0.05) is 50.1 Å². The molecular weight excluding hydrogens is 242 g/mol. The van der Waals surface area contributed by atoms with Crippen LogP contribution in [0.2, 0.25) is 0 Å². The molecule has 1 aromatic rings. The van der Waals surface area contributed by atoms with Crippen molar-refractivity contribution in [3.05, 3.63) is 35.9 Å². The first-order valence-electron chi connectivity index (χ1n) is 8.62. The molecule has 20 heavy (non-hydrogen) atoms. The second-order valence-electron chi connectivity index (χ2n) is 7.02. The molecule has 0 heterocycles. The predicted octanol–water partition coefficient (Wildman–Crippen LogP) is 5.23. The highest BCUT2D eigenvalue weighted by atomic mass is 15.0. The van der Waals surface area contributed by atoms with E-state index in [1.807, 2.05) is 0 Å². The van der Waals surface area contributed by atoms with Gasteiger partial charge in [0.05, 0.1) is 0 Å². The molecule has 1 heteroatoms. The molecule has 2 fully saturated rings. The van der Waals surface area contributed by atoms with Gasteiger partial charge in [0.25, 0.3) is 0 Å². The van der Waals surface area contributed by atoms with Crippen molar-refractivity contribution in [3.8, 4) is 0 Å². The van der Waals surface area contributed by atoms with Crippen LogP contribution in [0.25, 0.3) is 0 Å². The van der Waals surface area contributed by atoms with Crippen LogP contribution in [0.5, 0.6) is 0 Å². The van der Waals surface area contributed by atoms with E-state index in [0.29, 0.717) is 6.04 Å². The van der Waals surface area contributed by atoms with Gasteiger partial charge in [0.1, 0.15) is 0 Å². The first-order valence-corrected chi connectivity index (χ1v) is 8.62. The van der Waals surface area contributed by atoms with E-state index >= 15 is 0 Å². The molecule has 1 spiro atoms. The summed E-state index contributed by atoms with van der Waals surface area (Å²) < 4.78 is 0. The van der Waals surface area contributed by atoms with Crippen molar-refractivity contribution in [2.24, 2.45) is 5.41 Å². The molecule has 0 radical (unpaired) electrons. The SMILES string of the molecule is CCC(NC1CCC2(CCCC2)CC1)c1ccccc1. The smallest absolute Gasteiger partial charge is 0.0320 e. The standard InChI is InChI=1S/C19H29N/c1-2-18(16-8-4-3-5-9-16)20-17-10-14-19(15-11-17)12-6-7-13-19/h3-5,8-9,17-18,20H,2,6-7,10-15H2,1H3. The zero-order chi connectivity index (χ0) is 13.8. The van der Waals surface area contributed by atoms with Crippen LogP contribution in [-0.4, -0.2) is 6.04 Å². The van der Waals surface area contributed by atoms with E-state index in [4.69, 9.17) is 0 Å². The van der Waals surface area contributed by atoms with Gasteiger partial charge in [-0.3, -0.25) is 0 Å². The highest BCUT2D eigenvalue weighted by Crippen LogP contribution is 2.49. The van der Waals surface area contributed by atoms with Gasteiger partial charge in [0, 0.05) is 12.1 Å². The third kappa shape index (κ3) is 3.09. The Hall–Kier alpha value is -0.820. The first-order chi connectivity index (χ1) is 9.81. The number of nitrogens with one attached hydrogen (secondary N) is 1. The van der Waals surface area contributed by atoms with Crippen LogP contribution in [0, 0.1) is 5.41 Å². The van der Waals surface area contributed by atoms with E-state index < -0.39 is 0 Å². The van der Waals surface area contributed by atoms with E-state index in [9.17, 15) is 0 Å². The number of hydrogen-bond acceptors (Lipinski definition) is 1. The summed E-state index contributed by atoms with van der Waals surface area (Å²) in [5.74, 6) is 0. The van der Waals surface area contributed by atoms with E-state index in [0.717, 1.165) is 11.5 Å². The Balaban J connectivity index is 1.55. The quantitative estimate of drug-likeness (QED) is 0.790. The summed E-state index contributed by atoms with van der Waals surface area (Å²) in [5.41, 5.74) is 2.21. The normalized spacial score (nSPS) is 24.1. The van der Waals surface area contributed by atoms with E-state index in [1.165, 1.54) is 63.4 Å². The zero-order valence-electron chi connectivity index (χ0n) is 12.9. The fourth-order valence-electron chi connectivity index (χ4n) is 4.44. The largest absolute Gasteiger partial charge is 0.307 e. The Bertz CT molecular complexity index is 395. The molecular formula is C19H29N. The molecule has 0 saturated heterocycles. The van der Waals surface area contributed by atoms with E-state index in [2.05, 4.69) is 42.6 Å². The highest BCUT2D eigenvalue weighted by Gasteiger charge is 2.37. The summed E-state index contributed by atoms with van der Waals surface area (Å²) in [7, 11) is 0. The minimum absolute atomic E-state index is 0.541. The van der Waals surface area contributed by atoms with Crippen molar-refractivity contribution < 1.29 is 0 Å². The maximum atomic E-state index is 3.93. The van der Waals surface area contributed by atoms with Crippen LogP contribution < -0.4 is 5.32 Å². The zero-order valence-corrected chi connectivity index (χ0v) is 12.9. The number of rotatable bonds is 4. The molecule has 1 atom stereocenters. The molecule has 1 aromatic carbocycles. The van der Waals surface area contributed by atoms with Gasteiger partial charge in [-0.15, -0.1) is 0 Å². The molecule has 1 unspecified atom stereocenters. The summed E-state index contributed by atoms with van der Waals surface area (Å²) in [5, 5.41) is 3.93. The summed E-state index contributed by atoms with van der Waals surface area (Å²) >= 11 is 0. The average molecular weight is 271 g/mol. The van der Waals surface area contributed by atoms with Crippen molar-refractivity contribution >= 4 is 0 Å². The van der Waals surface area contributed by atoms with Gasteiger partial charge in [-0.05, 0) is 55.9 Å². The molecule has 1 N–H and O–H groups in total. The summed E-state index contributed by atoms with van der Waals surface area (Å²) in [6, 6.07) is 12.2. The summed E-state index contributed by atoms with van der Waals surface area (Å²) in [4.78, 5) is 0. The van der Waals surface area contributed by atoms with E-state index in [1.54, 1.807) is 0 Å². The topological polar surface area (TPSA) is 12.0 Å². The lowest BCUT2D eigenvalue weighted by Crippen LogP contribution is -2.38. The molecule has 110 valence electrons. The minimum Gasteiger partial charge on any atom is -0.307 e. The molecule has 0 aliphatic heterocycles. The van der Waals surface area contributed by atoms with Gasteiger partial charge in [0.2, 0.25) is 0 Å². The van der Waals surface area contributed by atoms with Crippen LogP contribution >= 0.6 is 0 Å². The van der Waals surface area contributed by atoms with Crippen LogP contribution in [0.1, 0.15) is 76.3 Å². The molecule has 1 nitrogen and oxygen atoms in total. The molecule has 3 rings (SSSR count). The van der Waals surface area contributed by atoms with Crippen molar-refractivity contribution in [1.82, 2.24) is 5.32 Å². The summed E-state index contributed by atoms with van der Waals surface area (Å²) in [6.45, 7) is 2.30. The van der Waals surface area contributed by atoms with Crippen molar-refractivity contribution in [2.75, 3.05) is 0 Å². The second kappa shape index (κ2) is 6.30. The van der Waals surface area contributed by atoms with Crippen molar-refractivity contribution in [2.45, 2.75) is 76.8 Å². The lowest BCUT2D eigenvalue weighted by Gasteiger charge is -2.39. The fourth-order valence-corrected chi connectivity index (χ4v) is 4.44. The van der Waals surface area contributed by atoms with Gasteiger partial charge >= 0.3 is 0 Å². The fraction of sp³-hybridized carbons (Fsp3) is 0.684. The Labute approximate surface area is 124 Å². The number of benzene rings is 1. The lowest BCUT2D eigenvalue weighted by molar-refractivity contribution is 0.162. The molecule has 2 aliphatic carbocycles. The van der Waals surface area contributed by atoms with Gasteiger partial charge in [0.15, 0.2) is 0 Å². The molecule has 0 bridgehead atoms. The van der Waals surface area contributed by atoms with Crippen molar-refractivity contribution in [3.63, 3.8) is 0 Å². The first kappa shape index (κ1) is 14.1. The van der Waals surface area contributed by atoms with Crippen LogP contribution in [-0.2, 0) is 0 Å². The Morgan fingerprint density at radius 1 is 1.05 bits per heavy atom. The maximum absolute atomic E-state index is 3.93. The van der Waals surface area contributed by atoms with Gasteiger partial charge in [-0.2, -0.15) is 0 Å². The molecule has 0 aromatic heterocycles. The van der Waals surface area contributed by atoms with Crippen LogP contribution in [0.4, 0.5) is 0 Å². The van der Waals surface area contributed by atoms with Crippen LogP contribution in [0.3, 0.4) is 0 Å². The lowest BCUT2D eigenvalue weighted by atomic mass is 9.71. The second-order valence-corrected chi connectivity index (χ2v) is 7.02. The Kier molecular flexibility index (Phi) is 4.45. The van der Waals surface area contributed by atoms with Crippen LogP contribution in [0.15, 0.2) is 30.3 Å². The van der Waals surface area contributed by atoms with Gasteiger partial charge < -0.3 is 5.32 Å². The van der Waals surface area contributed by atoms with E-state index in [-0.39, 0.29) is 0 Å². The Morgan fingerprint density at radius 3 is 2.30 bits per heavy atom. The predicted molar refractivity (Wildman–Crippen MR) is 85.8 cm³/mol. The maximum Gasteiger partial charge on any atom is 0.0320 e. The number of hydrogen-bond donors (Lipinski definition) is 1. The average Bonchev–Trinajstić information content (AvgIpc) is 2.96. The summed E-state index contributed by atoms with van der Waals surface area (Å²) in [6.07, 6.45) is 12.9. The highest BCUT2D eigenvalue weighted by molar-refractivity contribution is 5.19. The van der Waals surface area contributed by atoms with Gasteiger partial charge in [-0.25, -0.2) is 0 Å². The molecule has 0 amide bonds. The molecule has 2 saturated carbocycles. The third-order valence-corrected chi connectivity index (χ3v) is 5.76.